The number of carboxylic acid groups (broad SMARTS) is 1. The molecule has 3 aromatic rings. The van der Waals surface area contributed by atoms with Gasteiger partial charge in [-0.3, -0.25) is 4.98 Å². The van der Waals surface area contributed by atoms with Gasteiger partial charge in [0.2, 0.25) is 5.95 Å². The second kappa shape index (κ2) is 9.48. The minimum Gasteiger partial charge on any atom is -0.478 e. The molecule has 4 rings (SSSR count). The molecule has 0 unspecified atom stereocenters. The van der Waals surface area contributed by atoms with Crippen LogP contribution in [0.4, 0.5) is 21.8 Å². The van der Waals surface area contributed by atoms with Gasteiger partial charge in [-0.05, 0) is 30.7 Å². The van der Waals surface area contributed by atoms with E-state index >= 15 is 0 Å². The summed E-state index contributed by atoms with van der Waals surface area (Å²) in [5.74, 6) is -0.748. The summed E-state index contributed by atoms with van der Waals surface area (Å²) in [6.45, 7) is 0.556. The van der Waals surface area contributed by atoms with E-state index in [0.717, 1.165) is 6.42 Å². The van der Waals surface area contributed by atoms with Crippen molar-refractivity contribution >= 4 is 47.5 Å². The molecule has 32 heavy (non-hydrogen) atoms. The highest BCUT2D eigenvalue weighted by molar-refractivity contribution is 6.31. The molecule has 3 heterocycles. The van der Waals surface area contributed by atoms with Crippen LogP contribution in [0.25, 0.3) is 11.1 Å². The molecule has 0 saturated carbocycles. The molecule has 3 N–H and O–H groups in total. The zero-order chi connectivity index (χ0) is 22.5. The molecule has 162 valence electrons. The summed E-state index contributed by atoms with van der Waals surface area (Å²) >= 11 is 5.84. The lowest BCUT2D eigenvalue weighted by atomic mass is 10.1. The van der Waals surface area contributed by atoms with Gasteiger partial charge < -0.3 is 15.7 Å². The molecule has 0 bridgehead atoms. The number of aromatic nitrogens is 3. The van der Waals surface area contributed by atoms with E-state index in [1.54, 1.807) is 24.8 Å². The van der Waals surface area contributed by atoms with Crippen molar-refractivity contribution in [2.24, 2.45) is 16.1 Å². The average molecular weight is 454 g/mol. The smallest absolute Gasteiger partial charge is 0.337 e. The number of hydrogen-bond acceptors (Lipinski definition) is 8. The number of nitrogens with one attached hydrogen (secondary N) is 2. The quantitative estimate of drug-likeness (QED) is 0.465. The van der Waals surface area contributed by atoms with Crippen molar-refractivity contribution < 1.29 is 14.3 Å². The maximum absolute atomic E-state index is 13.4. The van der Waals surface area contributed by atoms with E-state index in [4.69, 9.17) is 11.6 Å². The Hall–Kier alpha value is -3.92. The molecule has 2 aromatic heterocycles. The molecule has 1 aromatic carbocycles. The molecule has 1 aliphatic rings. The van der Waals surface area contributed by atoms with Crippen LogP contribution in [0.1, 0.15) is 16.8 Å². The Morgan fingerprint density at radius 3 is 2.72 bits per heavy atom. The van der Waals surface area contributed by atoms with Gasteiger partial charge in [0.15, 0.2) is 0 Å². The van der Waals surface area contributed by atoms with E-state index in [1.165, 1.54) is 30.5 Å². The number of hydrogen-bond donors (Lipinski definition) is 3. The standard InChI is InChI=1S/C21H17ClFN7O2/c22-17-6-15(1-2-18(17)23)29-21-26-11-16(13-5-14(20(31)32)10-24-9-13)19(30-21)25-4-3-12-7-27-28-8-12/h1-2,5-12H,3-4H2,(H,31,32)(H2,25,26,29,30). The first-order chi connectivity index (χ1) is 15.5. The maximum atomic E-state index is 13.4. The molecule has 0 radical (unpaired) electrons. The molecule has 0 aliphatic carbocycles. The number of aromatic carboxylic acids is 1. The lowest BCUT2D eigenvalue weighted by Gasteiger charge is -2.14. The van der Waals surface area contributed by atoms with E-state index < -0.39 is 11.8 Å². The van der Waals surface area contributed by atoms with E-state index in [-0.39, 0.29) is 22.5 Å². The second-order valence-electron chi connectivity index (χ2n) is 6.89. The van der Waals surface area contributed by atoms with Crippen LogP contribution in [-0.2, 0) is 0 Å². The number of halogens is 2. The molecule has 0 fully saturated rings. The predicted molar refractivity (Wildman–Crippen MR) is 120 cm³/mol. The van der Waals surface area contributed by atoms with Gasteiger partial charge in [0.1, 0.15) is 11.6 Å². The normalized spacial score (nSPS) is 12.8. The summed E-state index contributed by atoms with van der Waals surface area (Å²) in [6, 6.07) is 5.69. The number of anilines is 3. The molecule has 1 aliphatic heterocycles. The zero-order valence-corrected chi connectivity index (χ0v) is 17.3. The van der Waals surface area contributed by atoms with Gasteiger partial charge in [0, 0.05) is 60.3 Å². The van der Waals surface area contributed by atoms with Crippen molar-refractivity contribution in [1.29, 1.82) is 0 Å². The van der Waals surface area contributed by atoms with Gasteiger partial charge in [0.25, 0.3) is 0 Å². The minimum absolute atomic E-state index is 0.0265. The van der Waals surface area contributed by atoms with Crippen molar-refractivity contribution in [3.05, 3.63) is 59.3 Å². The van der Waals surface area contributed by atoms with Crippen LogP contribution < -0.4 is 10.6 Å². The summed E-state index contributed by atoms with van der Waals surface area (Å²) in [7, 11) is 0. The first-order valence-electron chi connectivity index (χ1n) is 9.58. The lowest BCUT2D eigenvalue weighted by molar-refractivity contribution is 0.0696. The lowest BCUT2D eigenvalue weighted by Crippen LogP contribution is -2.12. The first kappa shape index (κ1) is 21.3. The highest BCUT2D eigenvalue weighted by atomic mass is 35.5. The summed E-state index contributed by atoms with van der Waals surface area (Å²) < 4.78 is 13.4. The van der Waals surface area contributed by atoms with Gasteiger partial charge in [-0.15, -0.1) is 0 Å². The number of pyridine rings is 1. The molecule has 0 saturated heterocycles. The summed E-state index contributed by atoms with van der Waals surface area (Å²) in [4.78, 5) is 24.2. The van der Waals surface area contributed by atoms with Crippen LogP contribution >= 0.6 is 11.6 Å². The van der Waals surface area contributed by atoms with Crippen molar-refractivity contribution in [3.8, 4) is 11.1 Å². The van der Waals surface area contributed by atoms with Crippen LogP contribution in [0.3, 0.4) is 0 Å². The van der Waals surface area contributed by atoms with E-state index in [2.05, 4.69) is 35.8 Å². The van der Waals surface area contributed by atoms with E-state index in [9.17, 15) is 14.3 Å². The van der Waals surface area contributed by atoms with Gasteiger partial charge in [-0.2, -0.15) is 15.2 Å². The topological polar surface area (TPSA) is 125 Å². The first-order valence-corrected chi connectivity index (χ1v) is 9.96. The molecule has 9 nitrogen and oxygen atoms in total. The fourth-order valence-electron chi connectivity index (χ4n) is 2.99. The van der Waals surface area contributed by atoms with Gasteiger partial charge >= 0.3 is 5.97 Å². The van der Waals surface area contributed by atoms with Crippen LogP contribution in [-0.4, -0.2) is 45.0 Å². The fraction of sp³-hybridized carbons (Fsp3) is 0.143. The monoisotopic (exact) mass is 453 g/mol. The summed E-state index contributed by atoms with van der Waals surface area (Å²) in [5, 5.41) is 23.2. The highest BCUT2D eigenvalue weighted by Crippen LogP contribution is 2.28. The van der Waals surface area contributed by atoms with Crippen molar-refractivity contribution in [1.82, 2.24) is 15.0 Å². The van der Waals surface area contributed by atoms with Gasteiger partial charge in [0.05, 0.1) is 10.6 Å². The third-order valence-electron chi connectivity index (χ3n) is 4.61. The highest BCUT2D eigenvalue weighted by Gasteiger charge is 2.14. The SMILES string of the molecule is O=C(O)c1cncc(-c2cnc(Nc3ccc(F)c(Cl)c3)nc2NCCC2C=NN=C2)c1. The zero-order valence-electron chi connectivity index (χ0n) is 16.5. The number of carbonyl (C=O) groups is 1. The van der Waals surface area contributed by atoms with Crippen molar-refractivity contribution in [2.45, 2.75) is 6.42 Å². The Labute approximate surface area is 187 Å². The number of carboxylic acids is 1. The van der Waals surface area contributed by atoms with Crippen molar-refractivity contribution in [2.75, 3.05) is 17.2 Å². The van der Waals surface area contributed by atoms with Crippen LogP contribution in [0.2, 0.25) is 5.02 Å². The van der Waals surface area contributed by atoms with E-state index in [1.807, 2.05) is 0 Å². The summed E-state index contributed by atoms with van der Waals surface area (Å²) in [6.07, 6.45) is 8.62. The maximum Gasteiger partial charge on any atom is 0.337 e. The Bertz CT molecular complexity index is 1210. The van der Waals surface area contributed by atoms with Crippen molar-refractivity contribution in [3.63, 3.8) is 0 Å². The minimum atomic E-state index is -1.08. The summed E-state index contributed by atoms with van der Waals surface area (Å²) in [5.41, 5.74) is 1.70. The molecule has 0 amide bonds. The third kappa shape index (κ3) is 5.03. The average Bonchev–Trinajstić information content (AvgIpc) is 3.30. The van der Waals surface area contributed by atoms with Crippen LogP contribution in [0.15, 0.2) is 53.1 Å². The van der Waals surface area contributed by atoms with Crippen LogP contribution in [0, 0.1) is 11.7 Å². The Balaban J connectivity index is 1.62. The Morgan fingerprint density at radius 2 is 1.97 bits per heavy atom. The van der Waals surface area contributed by atoms with Crippen LogP contribution in [0.5, 0.6) is 0 Å². The van der Waals surface area contributed by atoms with Gasteiger partial charge in [-0.25, -0.2) is 14.2 Å². The molecular formula is C21H17ClFN7O2. The predicted octanol–water partition coefficient (Wildman–Crippen LogP) is 4.26. The second-order valence-corrected chi connectivity index (χ2v) is 7.29. The Kier molecular flexibility index (Phi) is 6.31. The third-order valence-corrected chi connectivity index (χ3v) is 4.90. The number of rotatable bonds is 8. The number of benzene rings is 1. The van der Waals surface area contributed by atoms with E-state index in [0.29, 0.717) is 29.2 Å². The fourth-order valence-corrected chi connectivity index (χ4v) is 3.17. The Morgan fingerprint density at radius 1 is 1.16 bits per heavy atom. The largest absolute Gasteiger partial charge is 0.478 e. The molecule has 0 atom stereocenters. The molecule has 11 heteroatoms. The number of nitrogens with zero attached hydrogens (tertiary/aromatic N) is 5. The molecule has 0 spiro atoms. The van der Waals surface area contributed by atoms with Gasteiger partial charge in [-0.1, -0.05) is 11.6 Å². The molecular weight excluding hydrogens is 437 g/mol.